The lowest BCUT2D eigenvalue weighted by Gasteiger charge is -2.39. The number of nitrogens with zero attached hydrogens (tertiary/aromatic N) is 1. The third-order valence-corrected chi connectivity index (χ3v) is 5.53. The van der Waals surface area contributed by atoms with Crippen molar-refractivity contribution in [2.45, 2.75) is 40.0 Å². The standard InChI is InChI=1S/C15H27NO2S/c1-14(2,3)12-8-13(17)16(9-12)10-15(11-19)4-6-18-7-5-15/h12,19H,4-11H2,1-3H3. The highest BCUT2D eigenvalue weighted by Gasteiger charge is 2.41. The van der Waals surface area contributed by atoms with Crippen LogP contribution in [0.3, 0.4) is 0 Å². The first-order valence-electron chi connectivity index (χ1n) is 7.33. The van der Waals surface area contributed by atoms with Crippen molar-refractivity contribution in [3.8, 4) is 0 Å². The van der Waals surface area contributed by atoms with Gasteiger partial charge in [-0.2, -0.15) is 12.6 Å². The van der Waals surface area contributed by atoms with Crippen molar-refractivity contribution in [2.24, 2.45) is 16.7 Å². The number of hydrogen-bond donors (Lipinski definition) is 1. The van der Waals surface area contributed by atoms with Crippen molar-refractivity contribution in [2.75, 3.05) is 32.1 Å². The van der Waals surface area contributed by atoms with Crippen molar-refractivity contribution in [3.63, 3.8) is 0 Å². The molecule has 0 spiro atoms. The van der Waals surface area contributed by atoms with Crippen molar-refractivity contribution >= 4 is 18.5 Å². The van der Waals surface area contributed by atoms with Crippen LogP contribution in [0.25, 0.3) is 0 Å². The maximum absolute atomic E-state index is 12.2. The van der Waals surface area contributed by atoms with Crippen LogP contribution in [0.1, 0.15) is 40.0 Å². The molecule has 4 heteroatoms. The zero-order chi connectivity index (χ0) is 14.1. The first-order chi connectivity index (χ1) is 8.86. The van der Waals surface area contributed by atoms with Gasteiger partial charge >= 0.3 is 0 Å². The molecule has 1 atom stereocenters. The second kappa shape index (κ2) is 5.65. The summed E-state index contributed by atoms with van der Waals surface area (Å²) < 4.78 is 5.46. The molecule has 2 aliphatic heterocycles. The molecule has 2 rings (SSSR count). The van der Waals surface area contributed by atoms with E-state index in [1.165, 1.54) is 0 Å². The van der Waals surface area contributed by atoms with Gasteiger partial charge in [-0.15, -0.1) is 0 Å². The Bertz CT molecular complexity index is 332. The highest BCUT2D eigenvalue weighted by atomic mass is 32.1. The van der Waals surface area contributed by atoms with E-state index in [9.17, 15) is 4.79 Å². The zero-order valence-corrected chi connectivity index (χ0v) is 13.3. The van der Waals surface area contributed by atoms with Crippen molar-refractivity contribution in [1.82, 2.24) is 4.90 Å². The quantitative estimate of drug-likeness (QED) is 0.808. The Kier molecular flexibility index (Phi) is 4.51. The Morgan fingerprint density at radius 2 is 2.00 bits per heavy atom. The molecule has 0 aromatic carbocycles. The summed E-state index contributed by atoms with van der Waals surface area (Å²) in [5.74, 6) is 1.66. The summed E-state index contributed by atoms with van der Waals surface area (Å²) in [6, 6.07) is 0. The van der Waals surface area contributed by atoms with Gasteiger partial charge in [0.2, 0.25) is 5.91 Å². The van der Waals surface area contributed by atoms with Gasteiger partial charge in [0.15, 0.2) is 0 Å². The minimum Gasteiger partial charge on any atom is -0.381 e. The van der Waals surface area contributed by atoms with Crippen LogP contribution in [-0.2, 0) is 9.53 Å². The van der Waals surface area contributed by atoms with E-state index < -0.39 is 0 Å². The van der Waals surface area contributed by atoms with E-state index in [2.05, 4.69) is 38.3 Å². The monoisotopic (exact) mass is 285 g/mol. The van der Waals surface area contributed by atoms with Gasteiger partial charge in [0.25, 0.3) is 0 Å². The topological polar surface area (TPSA) is 29.5 Å². The Morgan fingerprint density at radius 1 is 1.37 bits per heavy atom. The maximum Gasteiger partial charge on any atom is 0.222 e. The lowest BCUT2D eigenvalue weighted by Crippen LogP contribution is -2.43. The third kappa shape index (κ3) is 3.46. The molecule has 1 amide bonds. The molecule has 2 saturated heterocycles. The average molecular weight is 285 g/mol. The molecule has 0 aliphatic carbocycles. The number of hydrogen-bond acceptors (Lipinski definition) is 3. The number of thiol groups is 1. The van der Waals surface area contributed by atoms with Gasteiger partial charge < -0.3 is 9.64 Å². The van der Waals surface area contributed by atoms with Crippen LogP contribution in [0.15, 0.2) is 0 Å². The Hall–Kier alpha value is -0.220. The van der Waals surface area contributed by atoms with Crippen molar-refractivity contribution in [1.29, 1.82) is 0 Å². The largest absolute Gasteiger partial charge is 0.381 e. The van der Waals surface area contributed by atoms with Gasteiger partial charge in [0.1, 0.15) is 0 Å². The molecule has 0 N–H and O–H groups in total. The van der Waals surface area contributed by atoms with E-state index >= 15 is 0 Å². The Balaban J connectivity index is 2.00. The predicted molar refractivity (Wildman–Crippen MR) is 80.5 cm³/mol. The average Bonchev–Trinajstić information content (AvgIpc) is 2.72. The molecule has 0 aromatic rings. The summed E-state index contributed by atoms with van der Waals surface area (Å²) in [6.45, 7) is 10.1. The predicted octanol–water partition coefficient (Wildman–Crippen LogP) is 2.61. The number of carbonyl (C=O) groups excluding carboxylic acids is 1. The van der Waals surface area contributed by atoms with Crippen LogP contribution >= 0.6 is 12.6 Å². The molecular formula is C15H27NO2S. The number of rotatable bonds is 3. The van der Waals surface area contributed by atoms with Crippen LogP contribution in [-0.4, -0.2) is 42.9 Å². The molecule has 2 heterocycles. The molecule has 2 fully saturated rings. The molecular weight excluding hydrogens is 258 g/mol. The van der Waals surface area contributed by atoms with Crippen LogP contribution in [0.2, 0.25) is 0 Å². The van der Waals surface area contributed by atoms with Crippen molar-refractivity contribution in [3.05, 3.63) is 0 Å². The fourth-order valence-corrected chi connectivity index (χ4v) is 3.50. The van der Waals surface area contributed by atoms with E-state index in [-0.39, 0.29) is 10.8 Å². The van der Waals surface area contributed by atoms with Crippen LogP contribution in [0, 0.1) is 16.7 Å². The van der Waals surface area contributed by atoms with Crippen molar-refractivity contribution < 1.29 is 9.53 Å². The summed E-state index contributed by atoms with van der Waals surface area (Å²) in [6.07, 6.45) is 2.77. The van der Waals surface area contributed by atoms with E-state index in [1.54, 1.807) is 0 Å². The highest BCUT2D eigenvalue weighted by molar-refractivity contribution is 7.80. The second-order valence-electron chi connectivity index (χ2n) is 7.31. The van der Waals surface area contributed by atoms with Crippen LogP contribution in [0.5, 0.6) is 0 Å². The van der Waals surface area contributed by atoms with Crippen LogP contribution < -0.4 is 0 Å². The smallest absolute Gasteiger partial charge is 0.222 e. The fraction of sp³-hybridized carbons (Fsp3) is 0.933. The Labute approximate surface area is 122 Å². The molecule has 0 bridgehead atoms. The molecule has 0 saturated carbocycles. The van der Waals surface area contributed by atoms with Gasteiger partial charge in [-0.3, -0.25) is 4.79 Å². The number of likely N-dealkylation sites (tertiary alicyclic amines) is 1. The highest BCUT2D eigenvalue weighted by Crippen LogP contribution is 2.38. The fourth-order valence-electron chi connectivity index (χ4n) is 3.08. The maximum atomic E-state index is 12.2. The number of carbonyl (C=O) groups is 1. The lowest BCUT2D eigenvalue weighted by atomic mass is 9.80. The summed E-state index contributed by atoms with van der Waals surface area (Å²) >= 11 is 4.54. The van der Waals surface area contributed by atoms with E-state index in [1.807, 2.05) is 0 Å². The first kappa shape index (κ1) is 15.2. The van der Waals surface area contributed by atoms with E-state index in [4.69, 9.17) is 4.74 Å². The molecule has 110 valence electrons. The molecule has 2 aliphatic rings. The van der Waals surface area contributed by atoms with Gasteiger partial charge in [-0.05, 0) is 29.9 Å². The SMILES string of the molecule is CC(C)(C)C1CC(=O)N(CC2(CS)CCOCC2)C1. The minimum absolute atomic E-state index is 0.170. The molecule has 0 aromatic heterocycles. The second-order valence-corrected chi connectivity index (χ2v) is 7.63. The third-order valence-electron chi connectivity index (χ3n) is 4.85. The Morgan fingerprint density at radius 3 is 2.47 bits per heavy atom. The minimum atomic E-state index is 0.170. The molecule has 19 heavy (non-hydrogen) atoms. The van der Waals surface area contributed by atoms with Crippen LogP contribution in [0.4, 0.5) is 0 Å². The molecule has 1 unspecified atom stereocenters. The van der Waals surface area contributed by atoms with Gasteiger partial charge in [-0.25, -0.2) is 0 Å². The molecule has 3 nitrogen and oxygen atoms in total. The summed E-state index contributed by atoms with van der Waals surface area (Å²) in [5.41, 5.74) is 0.387. The summed E-state index contributed by atoms with van der Waals surface area (Å²) in [4.78, 5) is 14.3. The summed E-state index contributed by atoms with van der Waals surface area (Å²) in [5, 5.41) is 0. The number of ether oxygens (including phenoxy) is 1. The van der Waals surface area contributed by atoms with E-state index in [0.29, 0.717) is 18.2 Å². The summed E-state index contributed by atoms with van der Waals surface area (Å²) in [7, 11) is 0. The first-order valence-corrected chi connectivity index (χ1v) is 7.96. The van der Waals surface area contributed by atoms with Gasteiger partial charge in [0, 0.05) is 38.1 Å². The number of amides is 1. The normalized spacial score (nSPS) is 27.9. The lowest BCUT2D eigenvalue weighted by molar-refractivity contribution is -0.129. The molecule has 0 radical (unpaired) electrons. The van der Waals surface area contributed by atoms with E-state index in [0.717, 1.165) is 44.9 Å². The zero-order valence-electron chi connectivity index (χ0n) is 12.4. The van der Waals surface area contributed by atoms with Gasteiger partial charge in [-0.1, -0.05) is 20.8 Å². The van der Waals surface area contributed by atoms with Gasteiger partial charge in [0.05, 0.1) is 0 Å².